The molecule has 0 bridgehead atoms. The number of hydrogen-bond donors (Lipinski definition) is 0. The van der Waals surface area contributed by atoms with Crippen molar-refractivity contribution in [3.05, 3.63) is 76.5 Å². The summed E-state index contributed by atoms with van der Waals surface area (Å²) in [7, 11) is 0. The van der Waals surface area contributed by atoms with E-state index in [9.17, 15) is 0 Å². The molecule has 1 unspecified atom stereocenters. The summed E-state index contributed by atoms with van der Waals surface area (Å²) in [5, 5.41) is 0. The van der Waals surface area contributed by atoms with Gasteiger partial charge in [0.15, 0.2) is 0 Å². The van der Waals surface area contributed by atoms with Crippen molar-refractivity contribution in [3.63, 3.8) is 0 Å². The van der Waals surface area contributed by atoms with E-state index in [1.54, 1.807) is 0 Å². The first kappa shape index (κ1) is 11.9. The number of aromatic nitrogens is 2. The Bertz CT molecular complexity index is 789. The lowest BCUT2D eigenvalue weighted by atomic mass is 9.84. The summed E-state index contributed by atoms with van der Waals surface area (Å²) in [5.41, 5.74) is 3.61. The molecule has 1 aromatic heterocycles. The van der Waals surface area contributed by atoms with Crippen molar-refractivity contribution in [3.8, 4) is 11.4 Å². The second-order valence-electron chi connectivity index (χ2n) is 5.25. The molecule has 3 heteroatoms. The van der Waals surface area contributed by atoms with Gasteiger partial charge >= 0.3 is 0 Å². The van der Waals surface area contributed by atoms with Crippen LogP contribution in [0.15, 0.2) is 65.4 Å². The molecule has 0 radical (unpaired) electrons. The first-order chi connectivity index (χ1) is 9.71. The van der Waals surface area contributed by atoms with Crippen LogP contribution in [0.25, 0.3) is 11.4 Å². The third-order valence-corrected chi connectivity index (χ3v) is 4.75. The van der Waals surface area contributed by atoms with Crippen LogP contribution in [0.2, 0.25) is 0 Å². The summed E-state index contributed by atoms with van der Waals surface area (Å²) < 4.78 is 3.36. The molecule has 0 aliphatic carbocycles. The van der Waals surface area contributed by atoms with Gasteiger partial charge < -0.3 is 4.57 Å². The Morgan fingerprint density at radius 3 is 2.60 bits per heavy atom. The van der Waals surface area contributed by atoms with Crippen LogP contribution < -0.4 is 0 Å². The Hall–Kier alpha value is -1.87. The van der Waals surface area contributed by atoms with E-state index in [2.05, 4.69) is 87.1 Å². The van der Waals surface area contributed by atoms with Crippen molar-refractivity contribution >= 4 is 15.9 Å². The van der Waals surface area contributed by atoms with E-state index in [1.165, 1.54) is 16.7 Å². The van der Waals surface area contributed by atoms with E-state index in [-0.39, 0.29) is 5.54 Å². The molecular formula is C17H13BrN2. The zero-order valence-corrected chi connectivity index (χ0v) is 12.6. The Kier molecular flexibility index (Phi) is 2.42. The average molecular weight is 325 g/mol. The van der Waals surface area contributed by atoms with E-state index < -0.39 is 0 Å². The molecule has 2 nitrogen and oxygen atoms in total. The highest BCUT2D eigenvalue weighted by Crippen LogP contribution is 2.46. The zero-order valence-electron chi connectivity index (χ0n) is 11.0. The monoisotopic (exact) mass is 324 g/mol. The highest BCUT2D eigenvalue weighted by Gasteiger charge is 2.40. The summed E-state index contributed by atoms with van der Waals surface area (Å²) in [6.45, 7) is 2.26. The van der Waals surface area contributed by atoms with Gasteiger partial charge in [-0.25, -0.2) is 4.98 Å². The van der Waals surface area contributed by atoms with E-state index in [0.717, 1.165) is 10.3 Å². The summed E-state index contributed by atoms with van der Waals surface area (Å²) in [4.78, 5) is 4.53. The molecule has 1 atom stereocenters. The molecule has 0 spiro atoms. The molecule has 2 aromatic carbocycles. The predicted molar refractivity (Wildman–Crippen MR) is 83.7 cm³/mol. The smallest absolute Gasteiger partial charge is 0.141 e. The number of hydrogen-bond acceptors (Lipinski definition) is 1. The summed E-state index contributed by atoms with van der Waals surface area (Å²) in [5.74, 6) is 1.05. The summed E-state index contributed by atoms with van der Waals surface area (Å²) >= 11 is 3.51. The molecule has 0 amide bonds. The van der Waals surface area contributed by atoms with Crippen LogP contribution in [0, 0.1) is 0 Å². The first-order valence-electron chi connectivity index (χ1n) is 6.61. The third kappa shape index (κ3) is 1.41. The lowest BCUT2D eigenvalue weighted by Crippen LogP contribution is -2.28. The maximum Gasteiger partial charge on any atom is 0.141 e. The van der Waals surface area contributed by atoms with Crippen LogP contribution in [-0.2, 0) is 5.54 Å². The second-order valence-corrected chi connectivity index (χ2v) is 6.16. The number of nitrogens with zero attached hydrogens (tertiary/aromatic N) is 2. The lowest BCUT2D eigenvalue weighted by molar-refractivity contribution is 0.502. The molecule has 1 aliphatic rings. The van der Waals surface area contributed by atoms with Gasteiger partial charge in [0, 0.05) is 22.4 Å². The lowest BCUT2D eigenvalue weighted by Gasteiger charge is -2.29. The van der Waals surface area contributed by atoms with Gasteiger partial charge in [-0.15, -0.1) is 0 Å². The maximum absolute atomic E-state index is 4.53. The van der Waals surface area contributed by atoms with Gasteiger partial charge in [0.05, 0.1) is 5.54 Å². The fourth-order valence-electron chi connectivity index (χ4n) is 3.16. The van der Waals surface area contributed by atoms with Gasteiger partial charge in [-0.3, -0.25) is 0 Å². The molecule has 4 rings (SSSR count). The van der Waals surface area contributed by atoms with E-state index in [0.29, 0.717) is 0 Å². The Morgan fingerprint density at radius 1 is 1.05 bits per heavy atom. The topological polar surface area (TPSA) is 17.8 Å². The third-order valence-electron chi connectivity index (χ3n) is 4.22. The molecule has 2 heterocycles. The Balaban J connectivity index is 2.04. The number of halogens is 1. The first-order valence-corrected chi connectivity index (χ1v) is 7.40. The van der Waals surface area contributed by atoms with Crippen molar-refractivity contribution in [2.45, 2.75) is 12.5 Å². The fourth-order valence-corrected chi connectivity index (χ4v) is 3.43. The van der Waals surface area contributed by atoms with Crippen molar-refractivity contribution < 1.29 is 0 Å². The number of imidazole rings is 1. The molecule has 3 aromatic rings. The van der Waals surface area contributed by atoms with Crippen molar-refractivity contribution in [2.24, 2.45) is 0 Å². The van der Waals surface area contributed by atoms with Crippen LogP contribution >= 0.6 is 15.9 Å². The minimum atomic E-state index is -0.191. The molecule has 0 N–H and O–H groups in total. The van der Waals surface area contributed by atoms with Crippen molar-refractivity contribution in [2.75, 3.05) is 0 Å². The second kappa shape index (κ2) is 4.06. The minimum absolute atomic E-state index is 0.191. The number of benzene rings is 2. The summed E-state index contributed by atoms with van der Waals surface area (Å²) in [6.07, 6.45) is 3.94. The SMILES string of the molecule is CC1(c2ccc(Br)cc2)c2ccccc2-c2nccn21. The fraction of sp³-hybridized carbons (Fsp3) is 0.118. The average Bonchev–Trinajstić information content (AvgIpc) is 3.04. The van der Waals surface area contributed by atoms with E-state index in [1.807, 2.05) is 6.20 Å². The molecule has 0 saturated heterocycles. The van der Waals surface area contributed by atoms with Crippen molar-refractivity contribution in [1.82, 2.24) is 9.55 Å². The van der Waals surface area contributed by atoms with Gasteiger partial charge in [-0.2, -0.15) is 0 Å². The standard InChI is InChI=1S/C17H13BrN2/c1-17(12-6-8-13(18)9-7-12)15-5-3-2-4-14(15)16-19-10-11-20(16)17/h2-11H,1H3. The predicted octanol–water partition coefficient (Wildman–Crippen LogP) is 4.44. The quantitative estimate of drug-likeness (QED) is 0.647. The zero-order chi connectivity index (χ0) is 13.7. The number of rotatable bonds is 1. The molecule has 20 heavy (non-hydrogen) atoms. The van der Waals surface area contributed by atoms with E-state index in [4.69, 9.17) is 0 Å². The van der Waals surface area contributed by atoms with Gasteiger partial charge in [-0.05, 0) is 30.2 Å². The maximum atomic E-state index is 4.53. The van der Waals surface area contributed by atoms with Crippen molar-refractivity contribution in [1.29, 1.82) is 0 Å². The van der Waals surface area contributed by atoms with Crippen LogP contribution in [-0.4, -0.2) is 9.55 Å². The van der Waals surface area contributed by atoms with Gasteiger partial charge in [-0.1, -0.05) is 52.3 Å². The van der Waals surface area contributed by atoms with E-state index >= 15 is 0 Å². The summed E-state index contributed by atoms with van der Waals surface area (Å²) in [6, 6.07) is 17.1. The molecular weight excluding hydrogens is 312 g/mol. The van der Waals surface area contributed by atoms with Crippen LogP contribution in [0.5, 0.6) is 0 Å². The van der Waals surface area contributed by atoms with Gasteiger partial charge in [0.25, 0.3) is 0 Å². The normalized spacial score (nSPS) is 19.7. The highest BCUT2D eigenvalue weighted by atomic mass is 79.9. The molecule has 0 saturated carbocycles. The van der Waals surface area contributed by atoms with Crippen LogP contribution in [0.1, 0.15) is 18.1 Å². The largest absolute Gasteiger partial charge is 0.317 e. The Morgan fingerprint density at radius 2 is 1.80 bits per heavy atom. The Labute approximate surface area is 126 Å². The molecule has 98 valence electrons. The highest BCUT2D eigenvalue weighted by molar-refractivity contribution is 9.10. The van der Waals surface area contributed by atoms with Gasteiger partial charge in [0.2, 0.25) is 0 Å². The molecule has 0 fully saturated rings. The number of fused-ring (bicyclic) bond motifs is 3. The van der Waals surface area contributed by atoms with Gasteiger partial charge in [0.1, 0.15) is 5.82 Å². The van der Waals surface area contributed by atoms with Crippen LogP contribution in [0.4, 0.5) is 0 Å². The molecule has 1 aliphatic heterocycles. The minimum Gasteiger partial charge on any atom is -0.317 e. The van der Waals surface area contributed by atoms with Crippen LogP contribution in [0.3, 0.4) is 0 Å².